The Kier molecular flexibility index (Phi) is 4.58. The minimum Gasteiger partial charge on any atom is -0.266 e. The lowest BCUT2D eigenvalue weighted by molar-refractivity contribution is 0.576. The van der Waals surface area contributed by atoms with E-state index in [0.717, 1.165) is 17.0 Å². The molecule has 0 fully saturated rings. The average molecular weight is 373 g/mol. The SMILES string of the molecule is Cc1cc(C)n2c(CNS(=O)(=O)c3ccc(C(C)(C)C)cc3)nnc2n1. The highest BCUT2D eigenvalue weighted by molar-refractivity contribution is 7.89. The lowest BCUT2D eigenvalue weighted by Gasteiger charge is -2.19. The fourth-order valence-electron chi connectivity index (χ4n) is 2.79. The lowest BCUT2D eigenvalue weighted by atomic mass is 9.87. The molecule has 1 N–H and O–H groups in total. The van der Waals surface area contributed by atoms with Crippen LogP contribution in [0.5, 0.6) is 0 Å². The third-order valence-corrected chi connectivity index (χ3v) is 5.63. The van der Waals surface area contributed by atoms with Crippen molar-refractivity contribution < 1.29 is 8.42 Å². The average Bonchev–Trinajstić information content (AvgIpc) is 2.95. The quantitative estimate of drug-likeness (QED) is 0.759. The van der Waals surface area contributed by atoms with Crippen molar-refractivity contribution in [3.05, 3.63) is 53.1 Å². The van der Waals surface area contributed by atoms with Gasteiger partial charge in [0.1, 0.15) is 0 Å². The molecule has 0 saturated heterocycles. The number of hydrogen-bond acceptors (Lipinski definition) is 5. The molecule has 0 spiro atoms. The Bertz CT molecular complexity index is 1050. The van der Waals surface area contributed by atoms with Gasteiger partial charge in [0.2, 0.25) is 10.0 Å². The zero-order valence-electron chi connectivity index (χ0n) is 15.6. The molecular weight excluding hydrogens is 350 g/mol. The van der Waals surface area contributed by atoms with Crippen LogP contribution in [0.1, 0.15) is 43.5 Å². The maximum absolute atomic E-state index is 12.6. The van der Waals surface area contributed by atoms with Crippen molar-refractivity contribution in [2.75, 3.05) is 0 Å². The lowest BCUT2D eigenvalue weighted by Crippen LogP contribution is -2.25. The van der Waals surface area contributed by atoms with Crippen molar-refractivity contribution in [3.8, 4) is 0 Å². The smallest absolute Gasteiger partial charge is 0.255 e. The molecular formula is C18H23N5O2S. The first-order chi connectivity index (χ1) is 12.1. The van der Waals surface area contributed by atoms with E-state index >= 15 is 0 Å². The summed E-state index contributed by atoms with van der Waals surface area (Å²) in [5.74, 6) is 0.964. The van der Waals surface area contributed by atoms with Crippen LogP contribution in [0.15, 0.2) is 35.2 Å². The molecule has 0 saturated carbocycles. The number of nitrogens with one attached hydrogen (secondary N) is 1. The van der Waals surface area contributed by atoms with Crippen LogP contribution in [0.25, 0.3) is 5.78 Å². The fourth-order valence-corrected chi connectivity index (χ4v) is 3.77. The van der Waals surface area contributed by atoms with E-state index in [1.165, 1.54) is 0 Å². The molecule has 2 aromatic heterocycles. The Balaban J connectivity index is 1.83. The Morgan fingerprint density at radius 1 is 1.08 bits per heavy atom. The number of hydrogen-bond donors (Lipinski definition) is 1. The second-order valence-corrected chi connectivity index (χ2v) is 9.16. The Labute approximate surface area is 153 Å². The first-order valence-electron chi connectivity index (χ1n) is 8.36. The van der Waals surface area contributed by atoms with E-state index < -0.39 is 10.0 Å². The minimum atomic E-state index is -3.64. The molecule has 0 bridgehead atoms. The number of sulfonamides is 1. The zero-order chi connectivity index (χ0) is 19.1. The molecule has 3 aromatic rings. The zero-order valence-corrected chi connectivity index (χ0v) is 16.4. The van der Waals surface area contributed by atoms with Gasteiger partial charge in [0, 0.05) is 11.4 Å². The highest BCUT2D eigenvalue weighted by Crippen LogP contribution is 2.23. The Morgan fingerprint density at radius 2 is 1.73 bits per heavy atom. The number of rotatable bonds is 4. The van der Waals surface area contributed by atoms with Gasteiger partial charge in [-0.05, 0) is 43.0 Å². The van der Waals surface area contributed by atoms with E-state index in [2.05, 4.69) is 40.7 Å². The minimum absolute atomic E-state index is 0.0290. The molecule has 0 aliphatic heterocycles. The first-order valence-corrected chi connectivity index (χ1v) is 9.85. The molecule has 0 amide bonds. The third kappa shape index (κ3) is 3.61. The van der Waals surface area contributed by atoms with Gasteiger partial charge in [-0.15, -0.1) is 10.2 Å². The summed E-state index contributed by atoms with van der Waals surface area (Å²) in [6, 6.07) is 8.84. The van der Waals surface area contributed by atoms with E-state index in [4.69, 9.17) is 0 Å². The standard InChI is InChI=1S/C18H23N5O2S/c1-12-10-13(2)23-16(21-22-17(23)20-12)11-19-26(24,25)15-8-6-14(7-9-15)18(3,4)5/h6-10,19H,11H2,1-5H3. The fraction of sp³-hybridized carbons (Fsp3) is 0.389. The van der Waals surface area contributed by atoms with Crippen LogP contribution in [0.2, 0.25) is 0 Å². The number of nitrogens with zero attached hydrogens (tertiary/aromatic N) is 4. The third-order valence-electron chi connectivity index (χ3n) is 4.21. The molecule has 0 atom stereocenters. The summed E-state index contributed by atoms with van der Waals surface area (Å²) in [5, 5.41) is 8.08. The molecule has 0 aliphatic carbocycles. The summed E-state index contributed by atoms with van der Waals surface area (Å²) in [6.07, 6.45) is 0. The molecule has 2 heterocycles. The number of fused-ring (bicyclic) bond motifs is 1. The van der Waals surface area contributed by atoms with Gasteiger partial charge >= 0.3 is 0 Å². The summed E-state index contributed by atoms with van der Waals surface area (Å²) in [7, 11) is -3.64. The molecule has 8 heteroatoms. The predicted molar refractivity (Wildman–Crippen MR) is 99.4 cm³/mol. The van der Waals surface area contributed by atoms with Gasteiger partial charge in [-0.3, -0.25) is 4.40 Å². The molecule has 3 rings (SSSR count). The highest BCUT2D eigenvalue weighted by Gasteiger charge is 2.19. The van der Waals surface area contributed by atoms with Crippen LogP contribution >= 0.6 is 0 Å². The topological polar surface area (TPSA) is 89.2 Å². The maximum Gasteiger partial charge on any atom is 0.255 e. The second-order valence-electron chi connectivity index (χ2n) is 7.39. The van der Waals surface area contributed by atoms with Crippen molar-refractivity contribution in [2.45, 2.75) is 51.5 Å². The molecule has 0 aliphatic rings. The predicted octanol–water partition coefficient (Wildman–Crippen LogP) is 2.52. The van der Waals surface area contributed by atoms with Gasteiger partial charge < -0.3 is 0 Å². The van der Waals surface area contributed by atoms with E-state index in [9.17, 15) is 8.42 Å². The van der Waals surface area contributed by atoms with Crippen molar-refractivity contribution in [1.82, 2.24) is 24.3 Å². The molecule has 138 valence electrons. The molecule has 1 aromatic carbocycles. The van der Waals surface area contributed by atoms with Gasteiger partial charge in [0.15, 0.2) is 5.82 Å². The molecule has 0 radical (unpaired) electrons. The number of aryl methyl sites for hydroxylation is 2. The number of benzene rings is 1. The van der Waals surface area contributed by atoms with Gasteiger partial charge in [0.05, 0.1) is 11.4 Å². The first kappa shape index (κ1) is 18.5. The van der Waals surface area contributed by atoms with Gasteiger partial charge in [-0.1, -0.05) is 32.9 Å². The second kappa shape index (κ2) is 6.44. The summed E-state index contributed by atoms with van der Waals surface area (Å²) in [5.41, 5.74) is 2.80. The van der Waals surface area contributed by atoms with Crippen molar-refractivity contribution in [2.24, 2.45) is 0 Å². The summed E-state index contributed by atoms with van der Waals surface area (Å²) >= 11 is 0. The van der Waals surface area contributed by atoms with Gasteiger partial charge in [0.25, 0.3) is 5.78 Å². The van der Waals surface area contributed by atoms with Crippen LogP contribution in [-0.4, -0.2) is 28.0 Å². The molecule has 7 nitrogen and oxygen atoms in total. The largest absolute Gasteiger partial charge is 0.266 e. The monoisotopic (exact) mass is 373 g/mol. The van der Waals surface area contributed by atoms with E-state index in [0.29, 0.717) is 11.6 Å². The van der Waals surface area contributed by atoms with Crippen LogP contribution in [0.3, 0.4) is 0 Å². The number of aromatic nitrogens is 4. The van der Waals surface area contributed by atoms with Crippen molar-refractivity contribution in [3.63, 3.8) is 0 Å². The summed E-state index contributed by atoms with van der Waals surface area (Å²) in [6.45, 7) is 10.1. The summed E-state index contributed by atoms with van der Waals surface area (Å²) < 4.78 is 29.5. The van der Waals surface area contributed by atoms with Gasteiger partial charge in [-0.25, -0.2) is 18.1 Å². The molecule has 0 unspecified atom stereocenters. The van der Waals surface area contributed by atoms with Crippen LogP contribution in [0, 0.1) is 13.8 Å². The summed E-state index contributed by atoms with van der Waals surface area (Å²) in [4.78, 5) is 4.53. The maximum atomic E-state index is 12.6. The van der Waals surface area contributed by atoms with E-state index in [1.807, 2.05) is 32.0 Å². The normalized spacial score (nSPS) is 12.7. The van der Waals surface area contributed by atoms with Crippen molar-refractivity contribution >= 4 is 15.8 Å². The van der Waals surface area contributed by atoms with Crippen molar-refractivity contribution in [1.29, 1.82) is 0 Å². The highest BCUT2D eigenvalue weighted by atomic mass is 32.2. The molecule has 26 heavy (non-hydrogen) atoms. The van der Waals surface area contributed by atoms with Crippen LogP contribution in [-0.2, 0) is 22.0 Å². The van der Waals surface area contributed by atoms with Gasteiger partial charge in [-0.2, -0.15) is 0 Å². The van der Waals surface area contributed by atoms with E-state index in [1.54, 1.807) is 16.5 Å². The van der Waals surface area contributed by atoms with Crippen LogP contribution in [0.4, 0.5) is 0 Å². The van der Waals surface area contributed by atoms with E-state index in [-0.39, 0.29) is 16.9 Å². The van der Waals surface area contributed by atoms with Crippen LogP contribution < -0.4 is 4.72 Å². The Morgan fingerprint density at radius 3 is 2.35 bits per heavy atom. The Hall–Kier alpha value is -2.32.